The predicted molar refractivity (Wildman–Crippen MR) is 147 cm³/mol. The third-order valence-corrected chi connectivity index (χ3v) is 6.96. The van der Waals surface area contributed by atoms with Crippen LogP contribution < -0.4 is 20.3 Å². The van der Waals surface area contributed by atoms with Crippen LogP contribution in [0.15, 0.2) is 48.8 Å². The fourth-order valence-corrected chi connectivity index (χ4v) is 4.81. The largest absolute Gasteiger partial charge is 0.486 e. The van der Waals surface area contributed by atoms with Crippen molar-refractivity contribution in [1.29, 1.82) is 5.26 Å². The summed E-state index contributed by atoms with van der Waals surface area (Å²) in [4.78, 5) is 28.6. The number of aromatic nitrogens is 3. The van der Waals surface area contributed by atoms with Crippen molar-refractivity contribution < 1.29 is 19.0 Å². The molecule has 2 aromatic carbocycles. The molecule has 11 nitrogen and oxygen atoms in total. The third-order valence-electron chi connectivity index (χ3n) is 6.96. The van der Waals surface area contributed by atoms with Crippen molar-refractivity contribution in [3.8, 4) is 23.2 Å². The number of piperidine rings is 1. The van der Waals surface area contributed by atoms with Gasteiger partial charge in [-0.15, -0.1) is 0 Å². The Balaban J connectivity index is 1.25. The van der Waals surface area contributed by atoms with Crippen LogP contribution in [0.4, 0.5) is 21.7 Å². The van der Waals surface area contributed by atoms with Gasteiger partial charge in [-0.05, 0) is 49.4 Å². The maximum absolute atomic E-state index is 14.8. The Bertz CT molecular complexity index is 1370. The molecule has 0 bridgehead atoms. The molecule has 2 aliphatic rings. The van der Waals surface area contributed by atoms with Crippen LogP contribution in [0.3, 0.4) is 0 Å². The maximum Gasteiger partial charge on any atom is 0.251 e. The van der Waals surface area contributed by atoms with Crippen LogP contribution in [0.25, 0.3) is 11.4 Å². The maximum atomic E-state index is 14.8. The molecule has 3 N–H and O–H groups in total. The topological polar surface area (TPSA) is 140 Å². The van der Waals surface area contributed by atoms with Gasteiger partial charge in [-0.3, -0.25) is 4.79 Å². The summed E-state index contributed by atoms with van der Waals surface area (Å²) in [5, 5.41) is 25.8. The van der Waals surface area contributed by atoms with E-state index in [1.807, 2.05) is 12.1 Å². The standard InChI is InChI=1S/C28H31FN8O3/c1-18(38)27(39)37-11-8-25(23(29)16-37)40-24-7-2-19(14-20(24)15-30)26-32-17-33-28(35-26)34-21-3-5-22(6-4-21)36-12-9-31-10-13-36/h2-7,14,17-18,23,25,31,38H,8-13,16H2,1H3,(H,32,33,34,35)/t18?,23-,25+/m1/s1. The highest BCUT2D eigenvalue weighted by molar-refractivity contribution is 5.80. The van der Waals surface area contributed by atoms with Gasteiger partial charge in [-0.1, -0.05) is 0 Å². The Hall–Kier alpha value is -4.34. The van der Waals surface area contributed by atoms with Crippen molar-refractivity contribution in [3.05, 3.63) is 54.4 Å². The van der Waals surface area contributed by atoms with Crippen LogP contribution in [-0.4, -0.2) is 88.5 Å². The van der Waals surface area contributed by atoms with E-state index >= 15 is 0 Å². The van der Waals surface area contributed by atoms with Gasteiger partial charge in [-0.25, -0.2) is 14.4 Å². The quantitative estimate of drug-likeness (QED) is 0.404. The zero-order chi connectivity index (χ0) is 28.1. The van der Waals surface area contributed by atoms with Crippen molar-refractivity contribution in [1.82, 2.24) is 25.2 Å². The first kappa shape index (κ1) is 27.2. The highest BCUT2D eigenvalue weighted by atomic mass is 19.1. The number of halogens is 1. The number of anilines is 3. The summed E-state index contributed by atoms with van der Waals surface area (Å²) in [5.41, 5.74) is 2.79. The Morgan fingerprint density at radius 1 is 1.20 bits per heavy atom. The van der Waals surface area contributed by atoms with E-state index in [0.717, 1.165) is 37.6 Å². The number of nitrogens with one attached hydrogen (secondary N) is 2. The summed E-state index contributed by atoms with van der Waals surface area (Å²) in [5.74, 6) is 0.455. The molecule has 2 fully saturated rings. The summed E-state index contributed by atoms with van der Waals surface area (Å²) >= 11 is 0. The van der Waals surface area contributed by atoms with Crippen LogP contribution in [0.5, 0.6) is 5.75 Å². The molecule has 2 saturated heterocycles. The zero-order valence-electron chi connectivity index (χ0n) is 22.1. The normalized spacial score (nSPS) is 19.9. The molecule has 0 saturated carbocycles. The van der Waals surface area contributed by atoms with Crippen LogP contribution in [0.2, 0.25) is 0 Å². The average molecular weight is 547 g/mol. The Morgan fingerprint density at radius 2 is 1.98 bits per heavy atom. The first-order chi connectivity index (χ1) is 19.4. The number of rotatable bonds is 7. The van der Waals surface area contributed by atoms with Crippen LogP contribution in [0.1, 0.15) is 18.9 Å². The zero-order valence-corrected chi connectivity index (χ0v) is 22.1. The molecule has 3 aromatic rings. The number of nitriles is 1. The second-order valence-electron chi connectivity index (χ2n) is 9.79. The number of aliphatic hydroxyl groups is 1. The first-order valence-corrected chi connectivity index (χ1v) is 13.2. The van der Waals surface area contributed by atoms with Crippen LogP contribution >= 0.6 is 0 Å². The number of nitrogens with zero attached hydrogens (tertiary/aromatic N) is 6. The van der Waals surface area contributed by atoms with Gasteiger partial charge in [0.1, 0.15) is 30.4 Å². The number of alkyl halides is 1. The number of piperazine rings is 1. The number of carbonyl (C=O) groups excluding carboxylic acids is 1. The lowest BCUT2D eigenvalue weighted by Gasteiger charge is -2.35. The van der Waals surface area contributed by atoms with E-state index in [9.17, 15) is 19.6 Å². The Kier molecular flexibility index (Phi) is 8.33. The lowest BCUT2D eigenvalue weighted by atomic mass is 10.0. The molecule has 208 valence electrons. The van der Waals surface area contributed by atoms with Crippen molar-refractivity contribution in [2.45, 2.75) is 31.7 Å². The third kappa shape index (κ3) is 6.27. The van der Waals surface area contributed by atoms with E-state index < -0.39 is 24.3 Å². The van der Waals surface area contributed by atoms with E-state index in [1.165, 1.54) is 18.2 Å². The summed E-state index contributed by atoms with van der Waals surface area (Å²) in [6.45, 7) is 5.32. The number of hydrogen-bond acceptors (Lipinski definition) is 10. The second kappa shape index (κ2) is 12.2. The van der Waals surface area contributed by atoms with E-state index in [1.54, 1.807) is 18.2 Å². The van der Waals surface area contributed by atoms with E-state index in [0.29, 0.717) is 17.3 Å². The minimum Gasteiger partial charge on any atom is -0.486 e. The molecule has 40 heavy (non-hydrogen) atoms. The van der Waals surface area contributed by atoms with Gasteiger partial charge in [0, 0.05) is 56.1 Å². The molecular formula is C28H31FN8O3. The molecule has 0 aliphatic carbocycles. The molecule has 2 aliphatic heterocycles. The number of hydrogen-bond donors (Lipinski definition) is 3. The SMILES string of the molecule is CC(O)C(=O)N1CC[C@H](Oc2ccc(-c3ncnc(Nc4ccc(N5CCNCC5)cc4)n3)cc2C#N)[C@H](F)C1. The minimum absolute atomic E-state index is 0.173. The summed E-state index contributed by atoms with van der Waals surface area (Å²) < 4.78 is 20.7. The highest BCUT2D eigenvalue weighted by Crippen LogP contribution is 2.29. The summed E-state index contributed by atoms with van der Waals surface area (Å²) in [6.07, 6.45) is -1.82. The van der Waals surface area contributed by atoms with Gasteiger partial charge < -0.3 is 30.3 Å². The van der Waals surface area contributed by atoms with Crippen LogP contribution in [0, 0.1) is 11.3 Å². The van der Waals surface area contributed by atoms with Crippen molar-refractivity contribution >= 4 is 23.2 Å². The van der Waals surface area contributed by atoms with E-state index in [4.69, 9.17) is 4.74 Å². The number of carbonyl (C=O) groups is 1. The molecule has 1 amide bonds. The lowest BCUT2D eigenvalue weighted by molar-refractivity contribution is -0.143. The fraction of sp³-hybridized carbons (Fsp3) is 0.393. The van der Waals surface area contributed by atoms with E-state index in [2.05, 4.69) is 48.7 Å². The number of amides is 1. The number of aliphatic hydroxyl groups excluding tert-OH is 1. The van der Waals surface area contributed by atoms with Crippen LogP contribution in [-0.2, 0) is 4.79 Å². The Morgan fingerprint density at radius 3 is 2.67 bits per heavy atom. The van der Waals surface area contributed by atoms with Crippen molar-refractivity contribution in [2.75, 3.05) is 49.5 Å². The molecular weight excluding hydrogens is 515 g/mol. The highest BCUT2D eigenvalue weighted by Gasteiger charge is 2.34. The predicted octanol–water partition coefficient (Wildman–Crippen LogP) is 2.26. The van der Waals surface area contributed by atoms with Crippen molar-refractivity contribution in [2.24, 2.45) is 0 Å². The minimum atomic E-state index is -1.45. The van der Waals surface area contributed by atoms with Gasteiger partial charge in [0.2, 0.25) is 5.95 Å². The fourth-order valence-electron chi connectivity index (χ4n) is 4.81. The summed E-state index contributed by atoms with van der Waals surface area (Å²) in [7, 11) is 0. The van der Waals surface area contributed by atoms with Gasteiger partial charge in [0.25, 0.3) is 5.91 Å². The molecule has 1 unspecified atom stereocenters. The Labute approximate surface area is 231 Å². The first-order valence-electron chi connectivity index (χ1n) is 13.2. The molecule has 12 heteroatoms. The van der Waals surface area contributed by atoms with E-state index in [-0.39, 0.29) is 30.8 Å². The van der Waals surface area contributed by atoms with Gasteiger partial charge in [0.05, 0.1) is 12.1 Å². The van der Waals surface area contributed by atoms with Gasteiger partial charge in [-0.2, -0.15) is 10.2 Å². The summed E-state index contributed by atoms with van der Waals surface area (Å²) in [6, 6.07) is 15.1. The number of ether oxygens (including phenoxy) is 1. The molecule has 3 heterocycles. The molecule has 0 radical (unpaired) electrons. The molecule has 0 spiro atoms. The van der Waals surface area contributed by atoms with Crippen molar-refractivity contribution in [3.63, 3.8) is 0 Å². The molecule has 3 atom stereocenters. The number of likely N-dealkylation sites (tertiary alicyclic amines) is 1. The van der Waals surface area contributed by atoms with Gasteiger partial charge in [0.15, 0.2) is 12.0 Å². The monoisotopic (exact) mass is 546 g/mol. The van der Waals surface area contributed by atoms with Gasteiger partial charge >= 0.3 is 0 Å². The smallest absolute Gasteiger partial charge is 0.251 e. The number of benzene rings is 2. The molecule has 5 rings (SSSR count). The second-order valence-corrected chi connectivity index (χ2v) is 9.79. The lowest BCUT2D eigenvalue weighted by Crippen LogP contribution is -2.51. The molecule has 1 aromatic heterocycles. The average Bonchev–Trinajstić information content (AvgIpc) is 2.99.